The Morgan fingerprint density at radius 3 is 2.38 bits per heavy atom. The topological polar surface area (TPSA) is 20.3 Å². The highest BCUT2D eigenvalue weighted by molar-refractivity contribution is 8.00. The van der Waals surface area contributed by atoms with Gasteiger partial charge in [-0.3, -0.25) is 4.79 Å². The van der Waals surface area contributed by atoms with Crippen LogP contribution in [-0.2, 0) is 4.79 Å². The van der Waals surface area contributed by atoms with Crippen LogP contribution in [0.3, 0.4) is 0 Å². The number of rotatable bonds is 4. The summed E-state index contributed by atoms with van der Waals surface area (Å²) in [5, 5.41) is 0.246. The van der Waals surface area contributed by atoms with Crippen molar-refractivity contribution >= 4 is 17.7 Å². The zero-order valence-electron chi connectivity index (χ0n) is 12.3. The number of thioether (sulfide) groups is 1. The molecule has 0 aromatic heterocycles. The van der Waals surface area contributed by atoms with Gasteiger partial charge in [0.1, 0.15) is 0 Å². The third-order valence-corrected chi connectivity index (χ3v) is 5.15. The number of amides is 1. The highest BCUT2D eigenvalue weighted by Gasteiger charge is 2.40. The number of carbonyl (C=O) groups excluding carboxylic acids is 1. The standard InChI is InChI=1S/C18H19NOS/c1-13-8-10-16(11-9-13)21-18-12-17(20)19(18)14(2)15-6-4-3-5-7-15/h3-11,14,18H,12H2,1-2H3/t14?,18-/m1/s1. The molecule has 1 saturated heterocycles. The largest absolute Gasteiger partial charge is 0.323 e. The average Bonchev–Trinajstić information content (AvgIpc) is 2.49. The van der Waals surface area contributed by atoms with E-state index in [0.29, 0.717) is 6.42 Å². The molecule has 2 atom stereocenters. The average molecular weight is 297 g/mol. The van der Waals surface area contributed by atoms with Crippen LogP contribution in [0.15, 0.2) is 59.5 Å². The fourth-order valence-electron chi connectivity index (χ4n) is 2.63. The molecule has 2 aromatic rings. The van der Waals surface area contributed by atoms with E-state index in [1.807, 2.05) is 23.1 Å². The van der Waals surface area contributed by atoms with Crippen molar-refractivity contribution in [3.8, 4) is 0 Å². The Morgan fingerprint density at radius 1 is 1.10 bits per heavy atom. The van der Waals surface area contributed by atoms with Crippen LogP contribution in [0, 0.1) is 6.92 Å². The summed E-state index contributed by atoms with van der Waals surface area (Å²) in [5.41, 5.74) is 2.46. The summed E-state index contributed by atoms with van der Waals surface area (Å²) >= 11 is 1.78. The lowest BCUT2D eigenvalue weighted by Gasteiger charge is -2.44. The first-order valence-corrected chi connectivity index (χ1v) is 8.12. The molecule has 0 radical (unpaired) electrons. The molecule has 1 fully saturated rings. The van der Waals surface area contributed by atoms with Crippen molar-refractivity contribution in [1.82, 2.24) is 4.90 Å². The van der Waals surface area contributed by atoms with Crippen LogP contribution in [0.5, 0.6) is 0 Å². The van der Waals surface area contributed by atoms with Gasteiger partial charge in [-0.05, 0) is 31.5 Å². The van der Waals surface area contributed by atoms with E-state index in [1.54, 1.807) is 11.8 Å². The Balaban J connectivity index is 1.72. The molecule has 1 heterocycles. The van der Waals surface area contributed by atoms with E-state index in [9.17, 15) is 4.79 Å². The van der Waals surface area contributed by atoms with Crippen LogP contribution in [0.2, 0.25) is 0 Å². The summed E-state index contributed by atoms with van der Waals surface area (Å²) in [6.07, 6.45) is 0.635. The maximum absolute atomic E-state index is 12.0. The molecule has 1 aliphatic rings. The van der Waals surface area contributed by atoms with Gasteiger partial charge >= 0.3 is 0 Å². The Hall–Kier alpha value is -1.74. The molecule has 3 rings (SSSR count). The van der Waals surface area contributed by atoms with Gasteiger partial charge in [0.2, 0.25) is 5.91 Å². The second-order valence-electron chi connectivity index (χ2n) is 5.48. The Labute approximate surface area is 130 Å². The van der Waals surface area contributed by atoms with Gasteiger partial charge in [0.25, 0.3) is 0 Å². The Bertz CT molecular complexity index is 623. The fourth-order valence-corrected chi connectivity index (χ4v) is 3.88. The minimum absolute atomic E-state index is 0.135. The molecule has 1 aliphatic heterocycles. The summed E-state index contributed by atoms with van der Waals surface area (Å²) in [6, 6.07) is 18.9. The lowest BCUT2D eigenvalue weighted by atomic mass is 10.0. The number of hydrogen-bond donors (Lipinski definition) is 0. The Kier molecular flexibility index (Phi) is 4.02. The van der Waals surface area contributed by atoms with Gasteiger partial charge < -0.3 is 4.90 Å². The lowest BCUT2D eigenvalue weighted by Crippen LogP contribution is -2.51. The van der Waals surface area contributed by atoms with Gasteiger partial charge in [0.05, 0.1) is 17.8 Å². The number of likely N-dealkylation sites (tertiary alicyclic amines) is 1. The van der Waals surface area contributed by atoms with Gasteiger partial charge in [-0.1, -0.05) is 48.0 Å². The van der Waals surface area contributed by atoms with Crippen molar-refractivity contribution in [2.75, 3.05) is 0 Å². The van der Waals surface area contributed by atoms with E-state index < -0.39 is 0 Å². The van der Waals surface area contributed by atoms with Crippen molar-refractivity contribution in [1.29, 1.82) is 0 Å². The van der Waals surface area contributed by atoms with Gasteiger partial charge in [0, 0.05) is 4.90 Å². The molecular formula is C18H19NOS. The van der Waals surface area contributed by atoms with Gasteiger partial charge in [0.15, 0.2) is 0 Å². The predicted molar refractivity (Wildman–Crippen MR) is 87.1 cm³/mol. The zero-order chi connectivity index (χ0) is 14.8. The molecule has 1 amide bonds. The lowest BCUT2D eigenvalue weighted by molar-refractivity contribution is -0.144. The molecule has 0 aliphatic carbocycles. The molecule has 0 spiro atoms. The molecular weight excluding hydrogens is 278 g/mol. The minimum Gasteiger partial charge on any atom is -0.323 e. The van der Waals surface area contributed by atoms with Crippen molar-refractivity contribution in [3.05, 3.63) is 65.7 Å². The molecule has 21 heavy (non-hydrogen) atoms. The first-order valence-electron chi connectivity index (χ1n) is 7.24. The zero-order valence-corrected chi connectivity index (χ0v) is 13.1. The molecule has 0 N–H and O–H groups in total. The van der Waals surface area contributed by atoms with Gasteiger partial charge in [-0.25, -0.2) is 0 Å². The summed E-state index contributed by atoms with van der Waals surface area (Å²) in [4.78, 5) is 15.2. The van der Waals surface area contributed by atoms with Crippen molar-refractivity contribution in [2.24, 2.45) is 0 Å². The second-order valence-corrected chi connectivity index (χ2v) is 6.73. The number of aryl methyl sites for hydroxylation is 1. The van der Waals surface area contributed by atoms with Crippen LogP contribution >= 0.6 is 11.8 Å². The molecule has 1 unspecified atom stereocenters. The third-order valence-electron chi connectivity index (χ3n) is 3.94. The molecule has 108 valence electrons. The normalized spacial score (nSPS) is 19.2. The number of benzene rings is 2. The van der Waals surface area contributed by atoms with Crippen LogP contribution in [0.4, 0.5) is 0 Å². The monoisotopic (exact) mass is 297 g/mol. The van der Waals surface area contributed by atoms with E-state index in [1.165, 1.54) is 16.0 Å². The summed E-state index contributed by atoms with van der Waals surface area (Å²) in [7, 11) is 0. The number of nitrogens with zero attached hydrogens (tertiary/aromatic N) is 1. The van der Waals surface area contributed by atoms with Crippen LogP contribution in [-0.4, -0.2) is 16.2 Å². The SMILES string of the molecule is Cc1ccc(S[C@@H]2CC(=O)N2C(C)c2ccccc2)cc1. The van der Waals surface area contributed by atoms with Crippen LogP contribution in [0.25, 0.3) is 0 Å². The first-order chi connectivity index (χ1) is 10.1. The highest BCUT2D eigenvalue weighted by atomic mass is 32.2. The maximum Gasteiger partial charge on any atom is 0.226 e. The predicted octanol–water partition coefficient (Wildman–Crippen LogP) is 4.41. The highest BCUT2D eigenvalue weighted by Crippen LogP contribution is 2.40. The van der Waals surface area contributed by atoms with Crippen molar-refractivity contribution in [2.45, 2.75) is 36.6 Å². The van der Waals surface area contributed by atoms with Gasteiger partial charge in [-0.2, -0.15) is 0 Å². The van der Waals surface area contributed by atoms with E-state index in [4.69, 9.17) is 0 Å². The molecule has 3 heteroatoms. The molecule has 2 aromatic carbocycles. The van der Waals surface area contributed by atoms with Crippen molar-refractivity contribution in [3.63, 3.8) is 0 Å². The van der Waals surface area contributed by atoms with E-state index >= 15 is 0 Å². The summed E-state index contributed by atoms with van der Waals surface area (Å²) in [5.74, 6) is 0.246. The molecule has 2 nitrogen and oxygen atoms in total. The fraction of sp³-hybridized carbons (Fsp3) is 0.278. The second kappa shape index (κ2) is 5.94. The Morgan fingerprint density at radius 2 is 1.76 bits per heavy atom. The van der Waals surface area contributed by atoms with Gasteiger partial charge in [-0.15, -0.1) is 11.8 Å². The van der Waals surface area contributed by atoms with E-state index in [0.717, 1.165) is 0 Å². The van der Waals surface area contributed by atoms with E-state index in [2.05, 4.69) is 50.2 Å². The summed E-state index contributed by atoms with van der Waals surface area (Å²) < 4.78 is 0. The van der Waals surface area contributed by atoms with E-state index in [-0.39, 0.29) is 17.3 Å². The minimum atomic E-state index is 0.135. The molecule has 0 bridgehead atoms. The molecule has 0 saturated carbocycles. The first kappa shape index (κ1) is 14.2. The maximum atomic E-state index is 12.0. The number of β-lactam (4-membered cyclic amide) rings is 1. The van der Waals surface area contributed by atoms with Crippen LogP contribution in [0.1, 0.15) is 30.5 Å². The summed E-state index contributed by atoms with van der Waals surface area (Å²) in [6.45, 7) is 4.19. The quantitative estimate of drug-likeness (QED) is 0.779. The van der Waals surface area contributed by atoms with Crippen LogP contribution < -0.4 is 0 Å². The number of hydrogen-bond acceptors (Lipinski definition) is 2. The number of carbonyl (C=O) groups is 1. The third kappa shape index (κ3) is 2.98. The smallest absolute Gasteiger partial charge is 0.226 e. The van der Waals surface area contributed by atoms with Crippen molar-refractivity contribution < 1.29 is 4.79 Å².